The number of nitrogens with two attached hydrogens (primary N) is 2. The van der Waals surface area contributed by atoms with Gasteiger partial charge in [-0.2, -0.15) is 0 Å². The van der Waals surface area contributed by atoms with Crippen LogP contribution in [0.1, 0.15) is 37.0 Å². The van der Waals surface area contributed by atoms with E-state index in [4.69, 9.17) is 11.5 Å². The molecule has 0 saturated carbocycles. The maximum absolute atomic E-state index is 12.8. The molecule has 0 spiro atoms. The van der Waals surface area contributed by atoms with E-state index in [0.29, 0.717) is 12.1 Å². The van der Waals surface area contributed by atoms with Gasteiger partial charge in [0.05, 0.1) is 18.2 Å². The molecule has 0 aliphatic carbocycles. The summed E-state index contributed by atoms with van der Waals surface area (Å²) >= 11 is 0. The molecule has 36 heavy (non-hydrogen) atoms. The van der Waals surface area contributed by atoms with E-state index >= 15 is 0 Å². The van der Waals surface area contributed by atoms with Gasteiger partial charge < -0.3 is 27.4 Å². The molecule has 0 aliphatic heterocycles. The summed E-state index contributed by atoms with van der Waals surface area (Å²) < 4.78 is 1.33. The van der Waals surface area contributed by atoms with Crippen molar-refractivity contribution in [3.8, 4) is 5.69 Å². The molecule has 1 aromatic carbocycles. The number of Topliss-reactive ketones (excluding diaryl/α,β-unsaturated/α-hetero) is 1. The van der Waals surface area contributed by atoms with Crippen LogP contribution in [0, 0.1) is 5.92 Å². The van der Waals surface area contributed by atoms with Gasteiger partial charge in [0, 0.05) is 30.4 Å². The highest BCUT2D eigenvalue weighted by Crippen LogP contribution is 2.07. The summed E-state index contributed by atoms with van der Waals surface area (Å²) in [7, 11) is 0. The molecule has 0 radical (unpaired) electrons. The molecule has 3 amide bonds. The lowest BCUT2D eigenvalue weighted by molar-refractivity contribution is -0.130. The summed E-state index contributed by atoms with van der Waals surface area (Å²) in [5.74, 6) is -2.21. The van der Waals surface area contributed by atoms with E-state index in [9.17, 15) is 24.0 Å². The topological polar surface area (TPSA) is 178 Å². The van der Waals surface area contributed by atoms with Crippen LogP contribution in [-0.4, -0.2) is 59.8 Å². The van der Waals surface area contributed by atoms with Crippen LogP contribution in [0.4, 0.5) is 0 Å². The van der Waals surface area contributed by atoms with Gasteiger partial charge in [-0.25, -0.2) is 0 Å². The van der Waals surface area contributed by atoms with Crippen molar-refractivity contribution in [2.24, 2.45) is 17.4 Å². The Morgan fingerprint density at radius 3 is 2.28 bits per heavy atom. The smallest absolute Gasteiger partial charge is 0.255 e. The molecule has 7 N–H and O–H groups in total. The molecule has 2 rings (SSSR count). The normalized spacial score (nSPS) is 13.2. The van der Waals surface area contributed by atoms with Crippen LogP contribution in [0.3, 0.4) is 0 Å². The van der Waals surface area contributed by atoms with Crippen LogP contribution in [0.2, 0.25) is 0 Å². The largest absolute Gasteiger partial charge is 0.345 e. The number of amides is 3. The van der Waals surface area contributed by atoms with E-state index in [0.717, 1.165) is 0 Å². The fourth-order valence-corrected chi connectivity index (χ4v) is 3.42. The minimum Gasteiger partial charge on any atom is -0.345 e. The second-order valence-corrected chi connectivity index (χ2v) is 8.35. The molecule has 194 valence electrons. The van der Waals surface area contributed by atoms with Crippen molar-refractivity contribution in [1.82, 2.24) is 20.5 Å². The van der Waals surface area contributed by atoms with Crippen molar-refractivity contribution in [2.45, 2.75) is 38.8 Å². The van der Waals surface area contributed by atoms with E-state index < -0.39 is 36.3 Å². The lowest BCUT2D eigenvalue weighted by Crippen LogP contribution is -2.53. The van der Waals surface area contributed by atoms with Gasteiger partial charge in [-0.05, 0) is 37.6 Å². The Kier molecular flexibility index (Phi) is 11.0. The molecule has 2 aromatic rings. The van der Waals surface area contributed by atoms with Crippen molar-refractivity contribution < 1.29 is 19.2 Å². The van der Waals surface area contributed by atoms with Gasteiger partial charge in [0.25, 0.3) is 11.5 Å². The van der Waals surface area contributed by atoms with Crippen LogP contribution < -0.4 is 33.0 Å². The maximum atomic E-state index is 12.8. The van der Waals surface area contributed by atoms with Crippen LogP contribution in [-0.2, 0) is 14.4 Å². The van der Waals surface area contributed by atoms with Gasteiger partial charge in [0.2, 0.25) is 11.8 Å². The summed E-state index contributed by atoms with van der Waals surface area (Å²) in [6.07, 6.45) is 2.12. The quantitative estimate of drug-likeness (QED) is 0.246. The summed E-state index contributed by atoms with van der Waals surface area (Å²) in [5.41, 5.74) is 11.7. The number of nitrogens with one attached hydrogen (secondary N) is 3. The van der Waals surface area contributed by atoms with Crippen LogP contribution in [0.15, 0.2) is 53.5 Å². The average Bonchev–Trinajstić information content (AvgIpc) is 2.89. The first-order valence-corrected chi connectivity index (χ1v) is 11.8. The molecule has 0 bridgehead atoms. The molecule has 1 unspecified atom stereocenters. The molecule has 1 aromatic heterocycles. The molecule has 11 heteroatoms. The van der Waals surface area contributed by atoms with Gasteiger partial charge >= 0.3 is 0 Å². The van der Waals surface area contributed by atoms with Crippen molar-refractivity contribution in [2.75, 3.05) is 19.6 Å². The van der Waals surface area contributed by atoms with E-state index in [-0.39, 0.29) is 42.3 Å². The molecule has 0 aliphatic rings. The van der Waals surface area contributed by atoms with Gasteiger partial charge in [0.1, 0.15) is 6.04 Å². The number of nitrogens with zero attached hydrogens (tertiary/aromatic N) is 1. The number of carbonyl (C=O) groups is 4. The number of rotatable bonds is 13. The molecular formula is C25H34N6O5. The van der Waals surface area contributed by atoms with E-state index in [1.807, 2.05) is 6.92 Å². The number of carbonyl (C=O) groups excluding carboxylic acids is 4. The third-order valence-corrected chi connectivity index (χ3v) is 5.72. The van der Waals surface area contributed by atoms with Crippen molar-refractivity contribution in [3.05, 3.63) is 64.6 Å². The fourth-order valence-electron chi connectivity index (χ4n) is 3.42. The number of pyridine rings is 1. The third kappa shape index (κ3) is 7.85. The summed E-state index contributed by atoms with van der Waals surface area (Å²) in [5, 5.41) is 7.58. The monoisotopic (exact) mass is 498 g/mol. The van der Waals surface area contributed by atoms with Crippen LogP contribution >= 0.6 is 0 Å². The number of ketones is 1. The molecular weight excluding hydrogens is 464 g/mol. The van der Waals surface area contributed by atoms with E-state index in [2.05, 4.69) is 16.0 Å². The zero-order valence-electron chi connectivity index (χ0n) is 20.5. The number of para-hydroxylation sites is 1. The third-order valence-electron chi connectivity index (χ3n) is 5.72. The maximum Gasteiger partial charge on any atom is 0.255 e. The Morgan fingerprint density at radius 1 is 0.972 bits per heavy atom. The number of benzene rings is 1. The zero-order chi connectivity index (χ0) is 26.7. The molecule has 11 nitrogen and oxygen atoms in total. The lowest BCUT2D eigenvalue weighted by atomic mass is 9.97. The molecule has 1 heterocycles. The highest BCUT2D eigenvalue weighted by molar-refractivity contribution is 5.98. The van der Waals surface area contributed by atoms with Crippen molar-refractivity contribution in [3.63, 3.8) is 0 Å². The Labute approximate surface area is 209 Å². The first-order valence-electron chi connectivity index (χ1n) is 11.8. The first-order chi connectivity index (χ1) is 17.2. The minimum absolute atomic E-state index is 0.0557. The zero-order valence-corrected chi connectivity index (χ0v) is 20.5. The Hall–Kier alpha value is -3.83. The van der Waals surface area contributed by atoms with Crippen molar-refractivity contribution in [1.29, 1.82) is 0 Å². The van der Waals surface area contributed by atoms with Crippen molar-refractivity contribution >= 4 is 23.5 Å². The highest BCUT2D eigenvalue weighted by atomic mass is 16.2. The predicted molar refractivity (Wildman–Crippen MR) is 135 cm³/mol. The summed E-state index contributed by atoms with van der Waals surface area (Å²) in [4.78, 5) is 62.4. The summed E-state index contributed by atoms with van der Waals surface area (Å²) in [6, 6.07) is 9.56. The van der Waals surface area contributed by atoms with Crippen LogP contribution in [0.5, 0.6) is 0 Å². The van der Waals surface area contributed by atoms with Gasteiger partial charge in [-0.1, -0.05) is 32.0 Å². The second-order valence-electron chi connectivity index (χ2n) is 8.35. The average molecular weight is 499 g/mol. The summed E-state index contributed by atoms with van der Waals surface area (Å²) in [6.45, 7) is 3.26. The number of hydrogen-bond donors (Lipinski definition) is 5. The Balaban J connectivity index is 2.03. The highest BCUT2D eigenvalue weighted by Gasteiger charge is 2.25. The van der Waals surface area contributed by atoms with Gasteiger partial charge in [0.15, 0.2) is 5.78 Å². The lowest BCUT2D eigenvalue weighted by Gasteiger charge is -2.20. The fraction of sp³-hybridized carbons (Fsp3) is 0.400. The van der Waals surface area contributed by atoms with Crippen LogP contribution in [0.25, 0.3) is 5.69 Å². The predicted octanol–water partition coefficient (Wildman–Crippen LogP) is -0.540. The number of hydrogen-bond acceptors (Lipinski definition) is 7. The Bertz CT molecular complexity index is 1120. The SMILES string of the molecule is CCC(C)C(=O)[C@H](CN)NC(=O)CNC(=O)[C@H](CCN)NC(=O)c1ccc(=O)n(-c2ccccc2)c1. The second kappa shape index (κ2) is 13.9. The molecule has 3 atom stereocenters. The molecule has 0 saturated heterocycles. The number of aromatic nitrogens is 1. The molecule has 0 fully saturated rings. The van der Waals surface area contributed by atoms with E-state index in [1.165, 1.54) is 22.9 Å². The van der Waals surface area contributed by atoms with Gasteiger partial charge in [-0.3, -0.25) is 28.5 Å². The Morgan fingerprint density at radius 2 is 1.67 bits per heavy atom. The van der Waals surface area contributed by atoms with E-state index in [1.54, 1.807) is 37.3 Å². The standard InChI is InChI=1S/C25H34N6O5/c1-3-16(2)23(34)20(13-27)29-21(32)14-28-25(36)19(11-12-26)30-24(35)17-9-10-22(33)31(15-17)18-7-5-4-6-8-18/h4-10,15-16,19-20H,3,11-14,26-27H2,1-2H3,(H,28,36)(H,29,32)(H,30,35)/t16?,19-,20-/m0/s1. The van der Waals surface area contributed by atoms with Gasteiger partial charge in [-0.15, -0.1) is 0 Å². The minimum atomic E-state index is -1.01. The first kappa shape index (κ1) is 28.4.